The smallest absolute Gasteiger partial charge is 0.246 e. The summed E-state index contributed by atoms with van der Waals surface area (Å²) in [5.74, 6) is 0.0826. The standard InChI is InChI=1S/C19H24FN5OS/c1-2-21-19(22-14-17(26)23-16-6-3-5-15(20)13-16)25-10-8-24(9-11-25)18-7-4-12-27-18/h3-7,12-13H,2,8-11,14H2,1H3,(H,21,22)(H,23,26). The van der Waals surface area contributed by atoms with Gasteiger partial charge in [0, 0.05) is 38.4 Å². The zero-order valence-corrected chi connectivity index (χ0v) is 16.1. The number of benzene rings is 1. The molecule has 27 heavy (non-hydrogen) atoms. The van der Waals surface area contributed by atoms with E-state index in [0.29, 0.717) is 5.69 Å². The number of nitrogens with zero attached hydrogens (tertiary/aromatic N) is 3. The Bertz CT molecular complexity index is 772. The van der Waals surface area contributed by atoms with Gasteiger partial charge in [-0.2, -0.15) is 0 Å². The number of anilines is 2. The highest BCUT2D eigenvalue weighted by atomic mass is 32.1. The van der Waals surface area contributed by atoms with Gasteiger partial charge in [0.2, 0.25) is 5.91 Å². The minimum Gasteiger partial charge on any atom is -0.360 e. The topological polar surface area (TPSA) is 60.0 Å². The molecule has 1 fully saturated rings. The van der Waals surface area contributed by atoms with Gasteiger partial charge in [0.05, 0.1) is 5.00 Å². The number of piperazine rings is 1. The summed E-state index contributed by atoms with van der Waals surface area (Å²) in [6.07, 6.45) is 0. The Labute approximate surface area is 162 Å². The fourth-order valence-electron chi connectivity index (χ4n) is 2.93. The second-order valence-corrected chi connectivity index (χ2v) is 7.08. The minimum absolute atomic E-state index is 0.00993. The highest BCUT2D eigenvalue weighted by Crippen LogP contribution is 2.22. The second kappa shape index (κ2) is 9.36. The van der Waals surface area contributed by atoms with Crippen LogP contribution in [0.1, 0.15) is 6.92 Å². The summed E-state index contributed by atoms with van der Waals surface area (Å²) in [5, 5.41) is 9.29. The third-order valence-electron chi connectivity index (χ3n) is 4.21. The Hall–Kier alpha value is -2.61. The summed E-state index contributed by atoms with van der Waals surface area (Å²) in [7, 11) is 0. The molecular formula is C19H24FN5OS. The molecule has 1 aliphatic heterocycles. The molecule has 0 bridgehead atoms. The lowest BCUT2D eigenvalue weighted by Crippen LogP contribution is -2.52. The first-order valence-corrected chi connectivity index (χ1v) is 9.91. The molecule has 0 aliphatic carbocycles. The molecule has 0 atom stereocenters. The van der Waals surface area contributed by atoms with Gasteiger partial charge in [0.1, 0.15) is 12.4 Å². The van der Waals surface area contributed by atoms with Crippen molar-refractivity contribution in [2.24, 2.45) is 4.99 Å². The summed E-state index contributed by atoms with van der Waals surface area (Å²) in [6, 6.07) is 10.0. The van der Waals surface area contributed by atoms with Gasteiger partial charge in [0.25, 0.3) is 0 Å². The van der Waals surface area contributed by atoms with E-state index in [1.54, 1.807) is 23.5 Å². The summed E-state index contributed by atoms with van der Waals surface area (Å²) >= 11 is 1.75. The van der Waals surface area contributed by atoms with E-state index in [0.717, 1.165) is 38.7 Å². The van der Waals surface area contributed by atoms with E-state index in [1.807, 2.05) is 6.92 Å². The van der Waals surface area contributed by atoms with Gasteiger partial charge in [0.15, 0.2) is 5.96 Å². The molecule has 1 aliphatic rings. The van der Waals surface area contributed by atoms with E-state index in [-0.39, 0.29) is 18.3 Å². The van der Waals surface area contributed by atoms with Crippen LogP contribution in [0.15, 0.2) is 46.8 Å². The fourth-order valence-corrected chi connectivity index (χ4v) is 3.71. The molecule has 1 aromatic heterocycles. The molecule has 2 N–H and O–H groups in total. The van der Waals surface area contributed by atoms with Crippen LogP contribution in [0.25, 0.3) is 0 Å². The number of halogens is 1. The summed E-state index contributed by atoms with van der Waals surface area (Å²) < 4.78 is 13.2. The molecule has 0 saturated carbocycles. The third kappa shape index (κ3) is 5.43. The van der Waals surface area contributed by atoms with E-state index in [2.05, 4.69) is 42.9 Å². The SMILES string of the molecule is CCNC(=NCC(=O)Nc1cccc(F)c1)N1CCN(c2cccs2)CC1. The third-order valence-corrected chi connectivity index (χ3v) is 5.14. The molecule has 1 amide bonds. The van der Waals surface area contributed by atoms with Crippen LogP contribution < -0.4 is 15.5 Å². The van der Waals surface area contributed by atoms with Gasteiger partial charge < -0.3 is 20.4 Å². The molecule has 0 unspecified atom stereocenters. The summed E-state index contributed by atoms with van der Waals surface area (Å²) in [5.41, 5.74) is 0.435. The maximum Gasteiger partial charge on any atom is 0.246 e. The first-order valence-electron chi connectivity index (χ1n) is 9.03. The zero-order valence-electron chi connectivity index (χ0n) is 15.3. The Kier molecular flexibility index (Phi) is 6.64. The lowest BCUT2D eigenvalue weighted by atomic mass is 10.3. The minimum atomic E-state index is -0.381. The van der Waals surface area contributed by atoms with Gasteiger partial charge in [-0.25, -0.2) is 9.38 Å². The number of guanidine groups is 1. The monoisotopic (exact) mass is 389 g/mol. The van der Waals surface area contributed by atoms with Crippen LogP contribution in [-0.4, -0.2) is 56.0 Å². The highest BCUT2D eigenvalue weighted by Gasteiger charge is 2.20. The highest BCUT2D eigenvalue weighted by molar-refractivity contribution is 7.14. The molecule has 6 nitrogen and oxygen atoms in total. The normalized spacial score (nSPS) is 15.0. The molecule has 2 heterocycles. The van der Waals surface area contributed by atoms with Crippen molar-refractivity contribution in [1.29, 1.82) is 0 Å². The second-order valence-electron chi connectivity index (χ2n) is 6.15. The zero-order chi connectivity index (χ0) is 19.1. The number of thiophene rings is 1. The van der Waals surface area contributed by atoms with Crippen molar-refractivity contribution in [3.8, 4) is 0 Å². The van der Waals surface area contributed by atoms with Crippen LogP contribution in [-0.2, 0) is 4.79 Å². The number of hydrogen-bond acceptors (Lipinski definition) is 4. The quantitative estimate of drug-likeness (QED) is 0.610. The summed E-state index contributed by atoms with van der Waals surface area (Å²) in [6.45, 7) is 6.25. The van der Waals surface area contributed by atoms with Crippen molar-refractivity contribution in [1.82, 2.24) is 10.2 Å². The number of nitrogens with one attached hydrogen (secondary N) is 2. The van der Waals surface area contributed by atoms with Crippen LogP contribution in [0.3, 0.4) is 0 Å². The average molecular weight is 390 g/mol. The van der Waals surface area contributed by atoms with Crippen molar-refractivity contribution < 1.29 is 9.18 Å². The number of aliphatic imine (C=N–C) groups is 1. The van der Waals surface area contributed by atoms with Gasteiger partial charge >= 0.3 is 0 Å². The van der Waals surface area contributed by atoms with E-state index in [9.17, 15) is 9.18 Å². The molecule has 2 aromatic rings. The summed E-state index contributed by atoms with van der Waals surface area (Å²) in [4.78, 5) is 21.1. The van der Waals surface area contributed by atoms with Gasteiger partial charge in [-0.15, -0.1) is 11.3 Å². The maximum absolute atomic E-state index is 13.2. The van der Waals surface area contributed by atoms with Gasteiger partial charge in [-0.1, -0.05) is 6.07 Å². The van der Waals surface area contributed by atoms with Crippen LogP contribution in [0.2, 0.25) is 0 Å². The van der Waals surface area contributed by atoms with Gasteiger partial charge in [-0.3, -0.25) is 4.79 Å². The van der Waals surface area contributed by atoms with E-state index in [1.165, 1.54) is 17.1 Å². The average Bonchev–Trinajstić information content (AvgIpc) is 3.20. The van der Waals surface area contributed by atoms with Crippen molar-refractivity contribution in [2.45, 2.75) is 6.92 Å². The number of amides is 1. The predicted molar refractivity (Wildman–Crippen MR) is 109 cm³/mol. The van der Waals surface area contributed by atoms with E-state index < -0.39 is 0 Å². The molecule has 3 rings (SSSR count). The van der Waals surface area contributed by atoms with Crippen molar-refractivity contribution in [3.63, 3.8) is 0 Å². The molecule has 1 saturated heterocycles. The molecule has 0 spiro atoms. The largest absolute Gasteiger partial charge is 0.360 e. The van der Waals surface area contributed by atoms with Crippen LogP contribution in [0, 0.1) is 5.82 Å². The van der Waals surface area contributed by atoms with E-state index >= 15 is 0 Å². The molecule has 8 heteroatoms. The van der Waals surface area contributed by atoms with Crippen molar-refractivity contribution in [2.75, 3.05) is 49.5 Å². The van der Waals surface area contributed by atoms with Crippen LogP contribution in [0.5, 0.6) is 0 Å². The maximum atomic E-state index is 13.2. The molecule has 0 radical (unpaired) electrons. The van der Waals surface area contributed by atoms with Gasteiger partial charge in [-0.05, 0) is 42.6 Å². The number of rotatable bonds is 5. The van der Waals surface area contributed by atoms with Crippen molar-refractivity contribution >= 4 is 33.9 Å². The first kappa shape index (κ1) is 19.2. The lowest BCUT2D eigenvalue weighted by molar-refractivity contribution is -0.114. The number of hydrogen-bond donors (Lipinski definition) is 2. The van der Waals surface area contributed by atoms with Crippen LogP contribution in [0.4, 0.5) is 15.1 Å². The van der Waals surface area contributed by atoms with E-state index in [4.69, 9.17) is 0 Å². The van der Waals surface area contributed by atoms with Crippen LogP contribution >= 0.6 is 11.3 Å². The Morgan fingerprint density at radius 1 is 1.22 bits per heavy atom. The number of carbonyl (C=O) groups is 1. The first-order chi connectivity index (χ1) is 13.2. The predicted octanol–water partition coefficient (Wildman–Crippen LogP) is 2.61. The number of carbonyl (C=O) groups excluding carboxylic acids is 1. The van der Waals surface area contributed by atoms with Crippen molar-refractivity contribution in [3.05, 3.63) is 47.6 Å². The Morgan fingerprint density at radius 3 is 2.70 bits per heavy atom. The fraction of sp³-hybridized carbons (Fsp3) is 0.368. The Balaban J connectivity index is 1.55. The lowest BCUT2D eigenvalue weighted by Gasteiger charge is -2.37. The molecular weight excluding hydrogens is 365 g/mol. The molecule has 1 aromatic carbocycles. The Morgan fingerprint density at radius 2 is 2.04 bits per heavy atom. The molecule has 144 valence electrons.